The Kier molecular flexibility index (Phi) is 6.46. The highest BCUT2D eigenvalue weighted by atomic mass is 35.5. The van der Waals surface area contributed by atoms with Gasteiger partial charge in [0.1, 0.15) is 11.6 Å². The lowest BCUT2D eigenvalue weighted by molar-refractivity contribution is 0.0590. The van der Waals surface area contributed by atoms with Gasteiger partial charge in [0.05, 0.1) is 12.3 Å². The van der Waals surface area contributed by atoms with Gasteiger partial charge >= 0.3 is 6.03 Å². The Morgan fingerprint density at radius 1 is 1.32 bits per heavy atom. The molecule has 3 rings (SSSR count). The second-order valence-corrected chi connectivity index (χ2v) is 6.81. The van der Waals surface area contributed by atoms with Crippen LogP contribution in [0, 0.1) is 11.6 Å². The number of benzene rings is 2. The van der Waals surface area contributed by atoms with Crippen LogP contribution in [-0.2, 0) is 11.4 Å². The maximum atomic E-state index is 14.0. The number of hydrogen-bond acceptors (Lipinski definition) is 3. The zero-order chi connectivity index (χ0) is 20.1. The highest BCUT2D eigenvalue weighted by molar-refractivity contribution is 6.31. The molecule has 0 bridgehead atoms. The molecule has 8 heteroatoms. The first-order valence-corrected chi connectivity index (χ1v) is 9.30. The van der Waals surface area contributed by atoms with Gasteiger partial charge in [-0.25, -0.2) is 13.6 Å². The van der Waals surface area contributed by atoms with Gasteiger partial charge < -0.3 is 15.1 Å². The summed E-state index contributed by atoms with van der Waals surface area (Å²) in [5.74, 6) is -1.35. The molecule has 0 aliphatic carbocycles. The average Bonchev–Trinajstić information content (AvgIpc) is 3.11. The number of carbonyl (C=O) groups is 1. The molecule has 0 fully saturated rings. The number of halogens is 3. The molecule has 1 N–H and O–H groups in total. The minimum atomic E-state index is -0.695. The van der Waals surface area contributed by atoms with Crippen LogP contribution in [0.15, 0.2) is 47.6 Å². The van der Waals surface area contributed by atoms with Gasteiger partial charge in [0.15, 0.2) is 6.10 Å². The van der Waals surface area contributed by atoms with Crippen molar-refractivity contribution < 1.29 is 18.4 Å². The molecule has 148 valence electrons. The summed E-state index contributed by atoms with van der Waals surface area (Å²) in [5, 5.41) is 7.26. The summed E-state index contributed by atoms with van der Waals surface area (Å²) >= 11 is 6.22. The van der Waals surface area contributed by atoms with E-state index in [1.54, 1.807) is 11.0 Å². The van der Waals surface area contributed by atoms with Crippen molar-refractivity contribution in [1.82, 2.24) is 10.2 Å². The van der Waals surface area contributed by atoms with Gasteiger partial charge in [0.2, 0.25) is 0 Å². The summed E-state index contributed by atoms with van der Waals surface area (Å²) in [4.78, 5) is 19.4. The van der Waals surface area contributed by atoms with Gasteiger partial charge in [0.25, 0.3) is 0 Å². The second kappa shape index (κ2) is 9.01. The standard InChI is InChI=1S/C20H20ClF2N3O2/c1-2-24-20(27)26(11-13-5-3-4-6-17(13)21)12-15-10-19(25-28-15)16-8-7-14(22)9-18(16)23/h3-9,15H,2,10-12H2,1H3,(H,24,27)/t15-/m1/s1. The molecule has 0 unspecified atom stereocenters. The summed E-state index contributed by atoms with van der Waals surface area (Å²) in [6.45, 7) is 2.85. The number of amides is 2. The van der Waals surface area contributed by atoms with Crippen LogP contribution in [0.2, 0.25) is 5.02 Å². The maximum Gasteiger partial charge on any atom is 0.317 e. The fraction of sp³-hybridized carbons (Fsp3) is 0.300. The van der Waals surface area contributed by atoms with Crippen molar-refractivity contribution >= 4 is 23.3 Å². The van der Waals surface area contributed by atoms with E-state index < -0.39 is 17.7 Å². The Labute approximate surface area is 166 Å². The molecule has 0 saturated carbocycles. The van der Waals surface area contributed by atoms with Crippen LogP contribution in [0.5, 0.6) is 0 Å². The van der Waals surface area contributed by atoms with E-state index in [2.05, 4.69) is 10.5 Å². The third kappa shape index (κ3) is 4.78. The van der Waals surface area contributed by atoms with E-state index in [1.807, 2.05) is 25.1 Å². The number of hydrogen-bond donors (Lipinski definition) is 1. The molecule has 0 radical (unpaired) electrons. The average molecular weight is 408 g/mol. The number of nitrogens with zero attached hydrogens (tertiary/aromatic N) is 2. The number of urea groups is 1. The Bertz CT molecular complexity index is 892. The van der Waals surface area contributed by atoms with E-state index in [0.717, 1.165) is 11.6 Å². The molecule has 0 saturated heterocycles. The lowest BCUT2D eigenvalue weighted by Crippen LogP contribution is -2.43. The van der Waals surface area contributed by atoms with Crippen LogP contribution in [0.4, 0.5) is 13.6 Å². The first-order chi connectivity index (χ1) is 13.5. The zero-order valence-corrected chi connectivity index (χ0v) is 16.0. The maximum absolute atomic E-state index is 14.0. The Morgan fingerprint density at radius 2 is 2.11 bits per heavy atom. The van der Waals surface area contributed by atoms with Crippen LogP contribution < -0.4 is 5.32 Å². The number of oxime groups is 1. The number of carbonyl (C=O) groups excluding carboxylic acids is 1. The van der Waals surface area contributed by atoms with Crippen LogP contribution >= 0.6 is 11.6 Å². The van der Waals surface area contributed by atoms with Crippen molar-refractivity contribution in [3.8, 4) is 0 Å². The van der Waals surface area contributed by atoms with E-state index in [0.29, 0.717) is 30.2 Å². The fourth-order valence-electron chi connectivity index (χ4n) is 2.97. The monoisotopic (exact) mass is 407 g/mol. The van der Waals surface area contributed by atoms with E-state index in [9.17, 15) is 13.6 Å². The van der Waals surface area contributed by atoms with Crippen LogP contribution in [0.1, 0.15) is 24.5 Å². The van der Waals surface area contributed by atoms with Gasteiger partial charge in [0, 0.05) is 36.2 Å². The largest absolute Gasteiger partial charge is 0.390 e. The third-order valence-corrected chi connectivity index (χ3v) is 4.70. The van der Waals surface area contributed by atoms with Crippen molar-refractivity contribution in [2.75, 3.05) is 13.1 Å². The Balaban J connectivity index is 1.70. The highest BCUT2D eigenvalue weighted by Gasteiger charge is 2.28. The second-order valence-electron chi connectivity index (χ2n) is 6.40. The molecule has 5 nitrogen and oxygen atoms in total. The van der Waals surface area contributed by atoms with E-state index in [-0.39, 0.29) is 18.1 Å². The topological polar surface area (TPSA) is 53.9 Å². The summed E-state index contributed by atoms with van der Waals surface area (Å²) in [6.07, 6.45) is -0.134. The van der Waals surface area contributed by atoms with Gasteiger partial charge in [-0.15, -0.1) is 0 Å². The Hall–Kier alpha value is -2.67. The van der Waals surface area contributed by atoms with Crippen molar-refractivity contribution in [3.05, 3.63) is 70.2 Å². The van der Waals surface area contributed by atoms with E-state index >= 15 is 0 Å². The molecule has 28 heavy (non-hydrogen) atoms. The molecular formula is C20H20ClF2N3O2. The molecule has 2 aromatic rings. The molecule has 0 aromatic heterocycles. The van der Waals surface area contributed by atoms with Gasteiger partial charge in [-0.1, -0.05) is 35.0 Å². The normalized spacial score (nSPS) is 15.7. The van der Waals surface area contributed by atoms with Crippen LogP contribution in [0.3, 0.4) is 0 Å². The molecular weight excluding hydrogens is 388 g/mol. The minimum Gasteiger partial charge on any atom is -0.390 e. The first-order valence-electron chi connectivity index (χ1n) is 8.92. The lowest BCUT2D eigenvalue weighted by Gasteiger charge is -2.25. The van der Waals surface area contributed by atoms with Gasteiger partial charge in [-0.3, -0.25) is 0 Å². The van der Waals surface area contributed by atoms with Crippen molar-refractivity contribution in [1.29, 1.82) is 0 Å². The molecule has 1 aliphatic rings. The predicted octanol–water partition coefficient (Wildman–Crippen LogP) is 4.34. The number of rotatable bonds is 6. The molecule has 1 atom stereocenters. The fourth-order valence-corrected chi connectivity index (χ4v) is 3.16. The molecule has 1 heterocycles. The van der Waals surface area contributed by atoms with Gasteiger partial charge in [-0.05, 0) is 30.7 Å². The van der Waals surface area contributed by atoms with Crippen LogP contribution in [-0.4, -0.2) is 35.8 Å². The van der Waals surface area contributed by atoms with Gasteiger partial charge in [-0.2, -0.15) is 0 Å². The quantitative estimate of drug-likeness (QED) is 0.774. The van der Waals surface area contributed by atoms with Crippen molar-refractivity contribution in [2.24, 2.45) is 5.16 Å². The summed E-state index contributed by atoms with van der Waals surface area (Å²) in [6, 6.07) is 10.3. The minimum absolute atomic E-state index is 0.194. The third-order valence-electron chi connectivity index (χ3n) is 4.33. The Morgan fingerprint density at radius 3 is 2.82 bits per heavy atom. The van der Waals surface area contributed by atoms with Crippen molar-refractivity contribution in [3.63, 3.8) is 0 Å². The number of nitrogens with one attached hydrogen (secondary N) is 1. The molecule has 1 aliphatic heterocycles. The summed E-state index contributed by atoms with van der Waals surface area (Å²) < 4.78 is 27.1. The predicted molar refractivity (Wildman–Crippen MR) is 103 cm³/mol. The van der Waals surface area contributed by atoms with Crippen molar-refractivity contribution in [2.45, 2.75) is 26.0 Å². The molecule has 2 amide bonds. The van der Waals surface area contributed by atoms with E-state index in [1.165, 1.54) is 12.1 Å². The molecule has 0 spiro atoms. The highest BCUT2D eigenvalue weighted by Crippen LogP contribution is 2.22. The molecule has 2 aromatic carbocycles. The summed E-state index contributed by atoms with van der Waals surface area (Å²) in [5.41, 5.74) is 1.38. The zero-order valence-electron chi connectivity index (χ0n) is 15.3. The SMILES string of the molecule is CCNC(=O)N(Cc1ccccc1Cl)C[C@H]1CC(c2ccc(F)cc2F)=NO1. The van der Waals surface area contributed by atoms with Crippen LogP contribution in [0.25, 0.3) is 0 Å². The smallest absolute Gasteiger partial charge is 0.317 e. The van der Waals surface area contributed by atoms with E-state index in [4.69, 9.17) is 16.4 Å². The summed E-state index contributed by atoms with van der Waals surface area (Å²) in [7, 11) is 0. The lowest BCUT2D eigenvalue weighted by atomic mass is 10.0. The first kappa shape index (κ1) is 20.1.